The van der Waals surface area contributed by atoms with Crippen molar-refractivity contribution in [2.75, 3.05) is 0 Å². The number of nitro benzene ring substituents is 1. The van der Waals surface area contributed by atoms with Gasteiger partial charge < -0.3 is 5.11 Å². The molecule has 0 aromatic heterocycles. The molecule has 2 aromatic rings. The van der Waals surface area contributed by atoms with Gasteiger partial charge in [0.15, 0.2) is 0 Å². The quantitative estimate of drug-likeness (QED) is 0.509. The first-order valence-corrected chi connectivity index (χ1v) is 5.94. The van der Waals surface area contributed by atoms with E-state index in [2.05, 4.69) is 10.5 Å². The minimum atomic E-state index is -0.581. The van der Waals surface area contributed by atoms with Crippen molar-refractivity contribution >= 4 is 17.8 Å². The Morgan fingerprint density at radius 2 is 2.00 bits per heavy atom. The normalized spacial score (nSPS) is 10.5. The third kappa shape index (κ3) is 3.63. The van der Waals surface area contributed by atoms with Crippen molar-refractivity contribution in [1.29, 1.82) is 0 Å². The Labute approximate surface area is 119 Å². The van der Waals surface area contributed by atoms with Gasteiger partial charge in [-0.2, -0.15) is 5.10 Å². The summed E-state index contributed by atoms with van der Waals surface area (Å²) < 4.78 is 0. The summed E-state index contributed by atoms with van der Waals surface area (Å²) in [5.41, 5.74) is 2.63. The molecular weight excluding hydrogens is 274 g/mol. The summed E-state index contributed by atoms with van der Waals surface area (Å²) in [6, 6.07) is 11.8. The van der Waals surface area contributed by atoms with E-state index in [1.165, 1.54) is 30.5 Å². The average molecular weight is 285 g/mol. The van der Waals surface area contributed by atoms with E-state index in [1.54, 1.807) is 18.2 Å². The molecule has 0 aliphatic carbocycles. The third-order valence-electron chi connectivity index (χ3n) is 2.63. The van der Waals surface area contributed by atoms with Crippen molar-refractivity contribution in [3.05, 3.63) is 69.8 Å². The van der Waals surface area contributed by atoms with Crippen LogP contribution >= 0.6 is 0 Å². The number of nitro groups is 1. The number of para-hydroxylation sites is 1. The lowest BCUT2D eigenvalue weighted by Gasteiger charge is -2.00. The van der Waals surface area contributed by atoms with Gasteiger partial charge in [-0.25, -0.2) is 5.43 Å². The number of carbonyl (C=O) groups is 1. The lowest BCUT2D eigenvalue weighted by molar-refractivity contribution is -0.384. The molecule has 2 aromatic carbocycles. The first-order valence-electron chi connectivity index (χ1n) is 5.94. The van der Waals surface area contributed by atoms with Crippen LogP contribution in [0.2, 0.25) is 0 Å². The summed E-state index contributed by atoms with van der Waals surface area (Å²) >= 11 is 0. The number of nitrogens with zero attached hydrogens (tertiary/aromatic N) is 2. The summed E-state index contributed by atoms with van der Waals surface area (Å²) in [6.45, 7) is 0. The van der Waals surface area contributed by atoms with E-state index in [-0.39, 0.29) is 17.0 Å². The number of benzene rings is 2. The van der Waals surface area contributed by atoms with E-state index in [1.807, 2.05) is 0 Å². The van der Waals surface area contributed by atoms with Crippen LogP contribution in [0.15, 0.2) is 53.6 Å². The number of amides is 1. The van der Waals surface area contributed by atoms with Gasteiger partial charge in [0.05, 0.1) is 11.1 Å². The number of carbonyl (C=O) groups excluding carboxylic acids is 1. The molecule has 0 fully saturated rings. The molecule has 2 N–H and O–H groups in total. The van der Waals surface area contributed by atoms with Gasteiger partial charge in [0, 0.05) is 23.3 Å². The van der Waals surface area contributed by atoms with Crippen molar-refractivity contribution in [2.45, 2.75) is 0 Å². The molecule has 0 unspecified atom stereocenters. The Balaban J connectivity index is 2.07. The Hall–Kier alpha value is -3.22. The van der Waals surface area contributed by atoms with Crippen LogP contribution in [0.5, 0.6) is 5.75 Å². The summed E-state index contributed by atoms with van der Waals surface area (Å²) in [5, 5.41) is 23.8. The smallest absolute Gasteiger partial charge is 0.271 e. The molecule has 0 bridgehead atoms. The number of rotatable bonds is 4. The van der Waals surface area contributed by atoms with Gasteiger partial charge >= 0.3 is 0 Å². The molecule has 0 spiro atoms. The summed E-state index contributed by atoms with van der Waals surface area (Å²) in [4.78, 5) is 21.8. The largest absolute Gasteiger partial charge is 0.507 e. The minimum absolute atomic E-state index is 0.0332. The Bertz CT molecular complexity index is 713. The predicted octanol–water partition coefficient (Wildman–Crippen LogP) is 2.06. The van der Waals surface area contributed by atoms with Crippen molar-refractivity contribution in [2.24, 2.45) is 5.10 Å². The van der Waals surface area contributed by atoms with E-state index < -0.39 is 10.8 Å². The molecule has 0 saturated heterocycles. The van der Waals surface area contributed by atoms with Gasteiger partial charge in [-0.1, -0.05) is 18.2 Å². The van der Waals surface area contributed by atoms with E-state index in [0.717, 1.165) is 6.07 Å². The van der Waals surface area contributed by atoms with Gasteiger partial charge in [-0.15, -0.1) is 0 Å². The van der Waals surface area contributed by atoms with Crippen LogP contribution in [0, 0.1) is 10.1 Å². The van der Waals surface area contributed by atoms with Crippen molar-refractivity contribution in [1.82, 2.24) is 5.43 Å². The molecule has 1 amide bonds. The fraction of sp³-hybridized carbons (Fsp3) is 0. The molecule has 0 aliphatic rings. The molecular formula is C14H11N3O4. The van der Waals surface area contributed by atoms with Crippen LogP contribution < -0.4 is 5.43 Å². The van der Waals surface area contributed by atoms with Crippen LogP contribution in [-0.2, 0) is 0 Å². The maximum absolute atomic E-state index is 11.8. The molecule has 0 radical (unpaired) electrons. The second-order valence-electron chi connectivity index (χ2n) is 4.07. The fourth-order valence-electron chi connectivity index (χ4n) is 1.58. The zero-order valence-electron chi connectivity index (χ0n) is 10.8. The number of hydrogen-bond donors (Lipinski definition) is 2. The summed E-state index contributed by atoms with van der Waals surface area (Å²) in [5.74, 6) is -0.545. The number of phenols is 1. The van der Waals surface area contributed by atoms with Crippen LogP contribution in [0.25, 0.3) is 0 Å². The monoisotopic (exact) mass is 285 g/mol. The molecule has 0 saturated carbocycles. The number of hydrogen-bond acceptors (Lipinski definition) is 5. The molecule has 21 heavy (non-hydrogen) atoms. The molecule has 0 heterocycles. The highest BCUT2D eigenvalue weighted by molar-refractivity contribution is 5.95. The van der Waals surface area contributed by atoms with E-state index in [9.17, 15) is 20.0 Å². The Kier molecular flexibility index (Phi) is 4.25. The highest BCUT2D eigenvalue weighted by Crippen LogP contribution is 2.14. The van der Waals surface area contributed by atoms with Crippen molar-refractivity contribution in [3.8, 4) is 5.75 Å². The van der Waals surface area contributed by atoms with Gasteiger partial charge in [-0.05, 0) is 18.2 Å². The predicted molar refractivity (Wildman–Crippen MR) is 76.3 cm³/mol. The maximum Gasteiger partial charge on any atom is 0.271 e. The molecule has 7 nitrogen and oxygen atoms in total. The standard InChI is InChI=1S/C14H11N3O4/c18-13-7-2-1-4-11(13)9-15-16-14(19)10-5-3-6-12(8-10)17(20)21/h1-9,18H,(H,16,19)/b15-9-. The fourth-order valence-corrected chi connectivity index (χ4v) is 1.58. The van der Waals surface area contributed by atoms with Crippen LogP contribution in [0.1, 0.15) is 15.9 Å². The number of non-ortho nitro benzene ring substituents is 1. The topological polar surface area (TPSA) is 105 Å². The second kappa shape index (κ2) is 6.29. The first kappa shape index (κ1) is 14.2. The highest BCUT2D eigenvalue weighted by Gasteiger charge is 2.10. The zero-order chi connectivity index (χ0) is 15.2. The van der Waals surface area contributed by atoms with Crippen molar-refractivity contribution < 1.29 is 14.8 Å². The molecule has 106 valence electrons. The molecule has 0 atom stereocenters. The zero-order valence-corrected chi connectivity index (χ0v) is 10.8. The average Bonchev–Trinajstić information content (AvgIpc) is 2.49. The number of aromatic hydroxyl groups is 1. The molecule has 7 heteroatoms. The number of nitrogens with one attached hydrogen (secondary N) is 1. The van der Waals surface area contributed by atoms with Gasteiger partial charge in [0.1, 0.15) is 5.75 Å². The SMILES string of the molecule is O=C(N/N=C\c1ccccc1O)c1cccc([N+](=O)[O-])c1. The van der Waals surface area contributed by atoms with E-state index >= 15 is 0 Å². The van der Waals surface area contributed by atoms with Crippen LogP contribution in [-0.4, -0.2) is 22.2 Å². The van der Waals surface area contributed by atoms with Gasteiger partial charge in [-0.3, -0.25) is 14.9 Å². The maximum atomic E-state index is 11.8. The minimum Gasteiger partial charge on any atom is -0.507 e. The summed E-state index contributed by atoms with van der Waals surface area (Å²) in [7, 11) is 0. The van der Waals surface area contributed by atoms with Gasteiger partial charge in [0.25, 0.3) is 11.6 Å². The lowest BCUT2D eigenvalue weighted by Crippen LogP contribution is -2.17. The second-order valence-corrected chi connectivity index (χ2v) is 4.07. The Morgan fingerprint density at radius 3 is 2.71 bits per heavy atom. The van der Waals surface area contributed by atoms with Crippen LogP contribution in [0.4, 0.5) is 5.69 Å². The lowest BCUT2D eigenvalue weighted by atomic mass is 10.2. The van der Waals surface area contributed by atoms with E-state index in [0.29, 0.717) is 5.56 Å². The number of phenolic OH excluding ortho intramolecular Hbond substituents is 1. The van der Waals surface area contributed by atoms with Crippen LogP contribution in [0.3, 0.4) is 0 Å². The Morgan fingerprint density at radius 1 is 1.24 bits per heavy atom. The summed E-state index contributed by atoms with van der Waals surface area (Å²) in [6.07, 6.45) is 1.28. The number of hydrazone groups is 1. The highest BCUT2D eigenvalue weighted by atomic mass is 16.6. The van der Waals surface area contributed by atoms with Crippen molar-refractivity contribution in [3.63, 3.8) is 0 Å². The third-order valence-corrected chi connectivity index (χ3v) is 2.63. The molecule has 2 rings (SSSR count). The molecule has 0 aliphatic heterocycles. The van der Waals surface area contributed by atoms with E-state index in [4.69, 9.17) is 0 Å². The first-order chi connectivity index (χ1) is 10.1. The van der Waals surface area contributed by atoms with Gasteiger partial charge in [0.2, 0.25) is 0 Å².